The van der Waals surface area contributed by atoms with Crippen LogP contribution in [0.4, 0.5) is 10.3 Å². The van der Waals surface area contributed by atoms with Crippen LogP contribution in [0.15, 0.2) is 71.9 Å². The summed E-state index contributed by atoms with van der Waals surface area (Å²) in [4.78, 5) is 5.52. The van der Waals surface area contributed by atoms with Crippen LogP contribution in [-0.2, 0) is 0 Å². The number of aryl methyl sites for hydroxylation is 1. The molecule has 2 aromatic carbocycles. The van der Waals surface area contributed by atoms with Gasteiger partial charge in [-0.1, -0.05) is 29.8 Å². The van der Waals surface area contributed by atoms with E-state index in [-0.39, 0.29) is 18.0 Å². The molecule has 0 aliphatic carbocycles. The number of fused-ring (bicyclic) bond motifs is 3. The standard InChI is InChI=1S/C23H17FN4OS/c1-13-4-9-17-16(11-13)20-19(22(29-17)18-3-2-10-30-18)21(14-5-7-15(24)8-6-14)28-23(27-20)25-12-26-28/h2-12,21-22H,1H3,(H,25,26,27). The van der Waals surface area contributed by atoms with E-state index < -0.39 is 0 Å². The fourth-order valence-corrected chi connectivity index (χ4v) is 5.00. The van der Waals surface area contributed by atoms with Crippen LogP contribution in [-0.4, -0.2) is 14.8 Å². The lowest BCUT2D eigenvalue weighted by Crippen LogP contribution is -2.32. The van der Waals surface area contributed by atoms with Crippen molar-refractivity contribution >= 4 is 23.0 Å². The van der Waals surface area contributed by atoms with Gasteiger partial charge in [0.1, 0.15) is 23.9 Å². The number of hydrogen-bond acceptors (Lipinski definition) is 5. The normalized spacial score (nSPS) is 19.4. The highest BCUT2D eigenvalue weighted by atomic mass is 32.1. The maximum Gasteiger partial charge on any atom is 0.226 e. The molecule has 0 saturated heterocycles. The molecule has 4 heterocycles. The van der Waals surface area contributed by atoms with Crippen LogP contribution in [0.3, 0.4) is 0 Å². The molecule has 0 fully saturated rings. The molecule has 2 aliphatic heterocycles. The maximum atomic E-state index is 13.7. The highest BCUT2D eigenvalue weighted by Gasteiger charge is 2.41. The molecule has 0 saturated carbocycles. The van der Waals surface area contributed by atoms with Gasteiger partial charge in [-0.15, -0.1) is 11.3 Å². The molecule has 2 atom stereocenters. The fraction of sp³-hybridized carbons (Fsp3) is 0.130. The lowest BCUT2D eigenvalue weighted by atomic mass is 9.86. The summed E-state index contributed by atoms with van der Waals surface area (Å²) in [5.74, 6) is 1.22. The molecule has 30 heavy (non-hydrogen) atoms. The molecule has 0 bridgehead atoms. The number of ether oxygens (including phenoxy) is 1. The second kappa shape index (κ2) is 6.53. The first-order valence-electron chi connectivity index (χ1n) is 9.66. The number of anilines is 1. The summed E-state index contributed by atoms with van der Waals surface area (Å²) in [5.41, 5.74) is 5.09. The third-order valence-corrected chi connectivity index (χ3v) is 6.47. The Balaban J connectivity index is 1.64. The lowest BCUT2D eigenvalue weighted by Gasteiger charge is -2.38. The molecule has 1 N–H and O–H groups in total. The predicted molar refractivity (Wildman–Crippen MR) is 114 cm³/mol. The Hall–Kier alpha value is -3.45. The first-order chi connectivity index (χ1) is 14.7. The molecular weight excluding hydrogens is 399 g/mol. The van der Waals surface area contributed by atoms with Crippen LogP contribution < -0.4 is 10.1 Å². The first-order valence-corrected chi connectivity index (χ1v) is 10.5. The van der Waals surface area contributed by atoms with Crippen LogP contribution in [0.1, 0.15) is 33.7 Å². The highest BCUT2D eigenvalue weighted by Crippen LogP contribution is 2.51. The Kier molecular flexibility index (Phi) is 3.79. The molecule has 7 heteroatoms. The number of hydrogen-bond donors (Lipinski definition) is 1. The SMILES string of the molecule is Cc1ccc2c(c1)C1=C(C(c3cccs3)O2)C(c2ccc(F)cc2)n2ncnc2N1. The minimum atomic E-state index is -0.282. The zero-order chi connectivity index (χ0) is 20.2. The van der Waals surface area contributed by atoms with Gasteiger partial charge in [0.25, 0.3) is 0 Å². The number of halogens is 1. The monoisotopic (exact) mass is 416 g/mol. The molecule has 4 aromatic rings. The van der Waals surface area contributed by atoms with Gasteiger partial charge in [-0.25, -0.2) is 9.07 Å². The highest BCUT2D eigenvalue weighted by molar-refractivity contribution is 7.10. The summed E-state index contributed by atoms with van der Waals surface area (Å²) in [6, 6.07) is 16.6. The smallest absolute Gasteiger partial charge is 0.226 e. The minimum Gasteiger partial charge on any atom is -0.480 e. The van der Waals surface area contributed by atoms with E-state index >= 15 is 0 Å². The van der Waals surface area contributed by atoms with E-state index in [1.165, 1.54) is 18.5 Å². The van der Waals surface area contributed by atoms with E-state index in [1.807, 2.05) is 22.2 Å². The van der Waals surface area contributed by atoms with E-state index in [2.05, 4.69) is 40.5 Å². The third kappa shape index (κ3) is 2.59. The van der Waals surface area contributed by atoms with Crippen molar-refractivity contribution in [3.63, 3.8) is 0 Å². The van der Waals surface area contributed by atoms with Gasteiger partial charge in [-0.3, -0.25) is 0 Å². The zero-order valence-corrected chi connectivity index (χ0v) is 16.9. The van der Waals surface area contributed by atoms with Crippen molar-refractivity contribution in [2.75, 3.05) is 5.32 Å². The predicted octanol–water partition coefficient (Wildman–Crippen LogP) is 5.35. The van der Waals surface area contributed by atoms with Gasteiger partial charge in [-0.2, -0.15) is 10.1 Å². The average Bonchev–Trinajstić information content (AvgIpc) is 3.44. The van der Waals surface area contributed by atoms with Crippen LogP contribution in [0.2, 0.25) is 0 Å². The van der Waals surface area contributed by atoms with Gasteiger partial charge in [0.2, 0.25) is 5.95 Å². The Bertz CT molecular complexity index is 1280. The number of nitrogens with zero attached hydrogens (tertiary/aromatic N) is 3. The zero-order valence-electron chi connectivity index (χ0n) is 16.0. The van der Waals surface area contributed by atoms with Crippen LogP contribution in [0.5, 0.6) is 5.75 Å². The van der Waals surface area contributed by atoms with Crippen molar-refractivity contribution in [3.8, 4) is 5.75 Å². The third-order valence-electron chi connectivity index (χ3n) is 5.56. The number of nitrogens with one attached hydrogen (secondary N) is 1. The summed E-state index contributed by atoms with van der Waals surface area (Å²) in [5, 5.41) is 10.0. The van der Waals surface area contributed by atoms with Gasteiger partial charge in [0, 0.05) is 16.0 Å². The molecule has 2 aliphatic rings. The molecular formula is C23H17FN4OS. The number of aromatic nitrogens is 3. The summed E-state index contributed by atoms with van der Waals surface area (Å²) in [6.45, 7) is 2.06. The van der Waals surface area contributed by atoms with Gasteiger partial charge < -0.3 is 10.1 Å². The summed E-state index contributed by atoms with van der Waals surface area (Å²) in [6.07, 6.45) is 1.25. The molecule has 0 radical (unpaired) electrons. The molecule has 2 aromatic heterocycles. The summed E-state index contributed by atoms with van der Waals surface area (Å²) < 4.78 is 22.1. The van der Waals surface area contributed by atoms with Crippen molar-refractivity contribution in [1.29, 1.82) is 0 Å². The molecule has 5 nitrogen and oxygen atoms in total. The summed E-state index contributed by atoms with van der Waals surface area (Å²) >= 11 is 1.65. The van der Waals surface area contributed by atoms with E-state index in [0.717, 1.165) is 38.6 Å². The first kappa shape index (κ1) is 17.4. The topological polar surface area (TPSA) is 52.0 Å². The number of rotatable bonds is 2. The lowest BCUT2D eigenvalue weighted by molar-refractivity contribution is 0.226. The maximum absolute atomic E-state index is 13.7. The van der Waals surface area contributed by atoms with Gasteiger partial charge in [0.15, 0.2) is 6.10 Å². The van der Waals surface area contributed by atoms with Crippen molar-refractivity contribution in [1.82, 2.24) is 14.8 Å². The number of thiophene rings is 1. The van der Waals surface area contributed by atoms with E-state index in [1.54, 1.807) is 23.5 Å². The van der Waals surface area contributed by atoms with Gasteiger partial charge in [-0.05, 0) is 48.2 Å². The second-order valence-corrected chi connectivity index (χ2v) is 8.43. The van der Waals surface area contributed by atoms with E-state index in [9.17, 15) is 4.39 Å². The Morgan fingerprint density at radius 3 is 2.80 bits per heavy atom. The van der Waals surface area contributed by atoms with Crippen molar-refractivity contribution < 1.29 is 9.13 Å². The van der Waals surface area contributed by atoms with E-state index in [4.69, 9.17) is 4.74 Å². The van der Waals surface area contributed by atoms with Crippen molar-refractivity contribution in [2.45, 2.75) is 19.1 Å². The Morgan fingerprint density at radius 1 is 1.13 bits per heavy atom. The molecule has 148 valence electrons. The Morgan fingerprint density at radius 2 is 2.00 bits per heavy atom. The minimum absolute atomic E-state index is 0.264. The molecule has 0 spiro atoms. The average molecular weight is 416 g/mol. The van der Waals surface area contributed by atoms with E-state index in [0.29, 0.717) is 5.95 Å². The molecule has 6 rings (SSSR count). The van der Waals surface area contributed by atoms with Crippen molar-refractivity contribution in [3.05, 3.63) is 99.3 Å². The Labute approximate surface area is 176 Å². The second-order valence-electron chi connectivity index (χ2n) is 7.45. The quantitative estimate of drug-likeness (QED) is 0.479. The number of benzene rings is 2. The van der Waals surface area contributed by atoms with Crippen molar-refractivity contribution in [2.24, 2.45) is 0 Å². The van der Waals surface area contributed by atoms with Crippen LogP contribution in [0.25, 0.3) is 5.70 Å². The largest absolute Gasteiger partial charge is 0.480 e. The van der Waals surface area contributed by atoms with Gasteiger partial charge >= 0.3 is 0 Å². The van der Waals surface area contributed by atoms with Crippen LogP contribution in [0, 0.1) is 12.7 Å². The van der Waals surface area contributed by atoms with Crippen LogP contribution >= 0.6 is 11.3 Å². The molecule has 0 amide bonds. The summed E-state index contributed by atoms with van der Waals surface area (Å²) in [7, 11) is 0. The molecule has 2 unspecified atom stereocenters. The fourth-order valence-electron chi connectivity index (χ4n) is 4.23. The van der Waals surface area contributed by atoms with Gasteiger partial charge in [0.05, 0.1) is 5.70 Å².